The monoisotopic (exact) mass is 456 g/mol. The van der Waals surface area contributed by atoms with E-state index in [9.17, 15) is 0 Å². The van der Waals surface area contributed by atoms with Gasteiger partial charge in [0.1, 0.15) is 0 Å². The fourth-order valence-electron chi connectivity index (χ4n) is 6.25. The SMILES string of the molecule is CC[C@]1(c2ccccc2C2C=CC(C)=CN2)c2ccccc2C2=CC(C)=C(c3ccccc3)CN21. The Morgan fingerprint density at radius 3 is 2.34 bits per heavy atom. The van der Waals surface area contributed by atoms with Gasteiger partial charge in [0.15, 0.2) is 0 Å². The number of dihydropyridines is 1. The standard InChI is InChI=1S/C33H32N2/c1-4-33(29-16-10-8-14-26(29)31-19-18-23(2)21-34-31)30-17-11-9-15-27(30)32-20-24(3)28(22-35(32)33)25-12-6-5-7-13-25/h5-21,31,34H,4,22H2,1-3H3/t31?,33-/m0/s1. The number of hydrogen-bond acceptors (Lipinski definition) is 2. The summed E-state index contributed by atoms with van der Waals surface area (Å²) in [7, 11) is 0. The molecule has 0 fully saturated rings. The Morgan fingerprint density at radius 2 is 1.60 bits per heavy atom. The van der Waals surface area contributed by atoms with Gasteiger partial charge >= 0.3 is 0 Å². The number of benzene rings is 3. The summed E-state index contributed by atoms with van der Waals surface area (Å²) in [4.78, 5) is 2.68. The van der Waals surface area contributed by atoms with Crippen LogP contribution >= 0.6 is 0 Å². The van der Waals surface area contributed by atoms with Gasteiger partial charge in [0, 0.05) is 24.0 Å². The second-order valence-corrected chi connectivity index (χ2v) is 9.88. The molecule has 0 amide bonds. The predicted molar refractivity (Wildman–Crippen MR) is 146 cm³/mol. The highest BCUT2D eigenvalue weighted by atomic mass is 15.2. The van der Waals surface area contributed by atoms with Crippen molar-refractivity contribution in [2.45, 2.75) is 38.8 Å². The lowest BCUT2D eigenvalue weighted by atomic mass is 9.76. The molecule has 0 radical (unpaired) electrons. The van der Waals surface area contributed by atoms with Gasteiger partial charge in [-0.25, -0.2) is 0 Å². The van der Waals surface area contributed by atoms with Crippen LogP contribution in [0.15, 0.2) is 114 Å². The minimum Gasteiger partial charge on any atom is -0.380 e. The minimum absolute atomic E-state index is 0.161. The first-order chi connectivity index (χ1) is 17.1. The molecule has 6 rings (SSSR count). The molecule has 2 atom stereocenters. The fourth-order valence-corrected chi connectivity index (χ4v) is 6.25. The highest BCUT2D eigenvalue weighted by molar-refractivity contribution is 5.86. The molecule has 3 heterocycles. The zero-order valence-corrected chi connectivity index (χ0v) is 20.8. The lowest BCUT2D eigenvalue weighted by Crippen LogP contribution is -2.44. The number of nitrogens with zero attached hydrogens (tertiary/aromatic N) is 1. The van der Waals surface area contributed by atoms with E-state index in [1.54, 1.807) is 0 Å². The van der Waals surface area contributed by atoms with Crippen LogP contribution in [0.2, 0.25) is 0 Å². The van der Waals surface area contributed by atoms with Gasteiger partial charge in [-0.15, -0.1) is 0 Å². The van der Waals surface area contributed by atoms with Crippen molar-refractivity contribution in [3.05, 3.63) is 142 Å². The second-order valence-electron chi connectivity index (χ2n) is 9.88. The average molecular weight is 457 g/mol. The molecule has 35 heavy (non-hydrogen) atoms. The molecule has 2 heteroatoms. The predicted octanol–water partition coefficient (Wildman–Crippen LogP) is 7.59. The molecule has 174 valence electrons. The summed E-state index contributed by atoms with van der Waals surface area (Å²) >= 11 is 0. The molecule has 3 aliphatic rings. The van der Waals surface area contributed by atoms with Crippen LogP contribution in [-0.4, -0.2) is 11.4 Å². The normalized spacial score (nSPS) is 22.8. The summed E-state index contributed by atoms with van der Waals surface area (Å²) in [6.07, 6.45) is 10.1. The molecule has 0 saturated carbocycles. The third-order valence-corrected chi connectivity index (χ3v) is 7.96. The molecular formula is C33H32N2. The van der Waals surface area contributed by atoms with Crippen LogP contribution in [-0.2, 0) is 5.54 Å². The van der Waals surface area contributed by atoms with Gasteiger partial charge in [-0.3, -0.25) is 0 Å². The van der Waals surface area contributed by atoms with E-state index < -0.39 is 0 Å². The van der Waals surface area contributed by atoms with Gasteiger partial charge < -0.3 is 10.2 Å². The Kier molecular flexibility index (Phi) is 5.25. The van der Waals surface area contributed by atoms with Gasteiger partial charge in [-0.1, -0.05) is 97.9 Å². The Bertz CT molecular complexity index is 1410. The highest BCUT2D eigenvalue weighted by Gasteiger charge is 2.49. The van der Waals surface area contributed by atoms with Crippen molar-refractivity contribution in [3.63, 3.8) is 0 Å². The van der Waals surface area contributed by atoms with Crippen LogP contribution in [0.3, 0.4) is 0 Å². The first-order valence-corrected chi connectivity index (χ1v) is 12.7. The Labute approximate surface area is 209 Å². The molecule has 3 aromatic rings. The average Bonchev–Trinajstić information content (AvgIpc) is 3.18. The lowest BCUT2D eigenvalue weighted by Gasteiger charge is -2.45. The quantitative estimate of drug-likeness (QED) is 0.435. The number of nitrogens with one attached hydrogen (secondary N) is 1. The second kappa shape index (κ2) is 8.46. The molecule has 0 aliphatic carbocycles. The largest absolute Gasteiger partial charge is 0.380 e. The molecule has 0 spiro atoms. The molecule has 0 aromatic heterocycles. The molecule has 3 aliphatic heterocycles. The summed E-state index contributed by atoms with van der Waals surface area (Å²) in [5.74, 6) is 0. The third-order valence-electron chi connectivity index (χ3n) is 7.96. The minimum atomic E-state index is -0.231. The van der Waals surface area contributed by atoms with E-state index in [2.05, 4.69) is 134 Å². The summed E-state index contributed by atoms with van der Waals surface area (Å²) < 4.78 is 0. The van der Waals surface area contributed by atoms with Crippen molar-refractivity contribution in [1.82, 2.24) is 10.2 Å². The smallest absolute Gasteiger partial charge is 0.0917 e. The lowest BCUT2D eigenvalue weighted by molar-refractivity contribution is 0.232. The topological polar surface area (TPSA) is 15.3 Å². The number of allylic oxidation sites excluding steroid dienone is 4. The summed E-state index contributed by atoms with van der Waals surface area (Å²) in [5.41, 5.74) is 12.0. The van der Waals surface area contributed by atoms with Crippen molar-refractivity contribution in [3.8, 4) is 0 Å². The fraction of sp³-hybridized carbons (Fsp3) is 0.212. The summed E-state index contributed by atoms with van der Waals surface area (Å²) in [6, 6.07) is 29.1. The maximum absolute atomic E-state index is 3.64. The number of rotatable bonds is 4. The van der Waals surface area contributed by atoms with Crippen LogP contribution in [0.25, 0.3) is 11.3 Å². The molecule has 3 aromatic carbocycles. The summed E-state index contributed by atoms with van der Waals surface area (Å²) in [5, 5.41) is 3.64. The van der Waals surface area contributed by atoms with Gasteiger partial charge in [-0.05, 0) is 65.3 Å². The van der Waals surface area contributed by atoms with Crippen LogP contribution in [0.5, 0.6) is 0 Å². The molecule has 0 bridgehead atoms. The molecule has 2 nitrogen and oxygen atoms in total. The van der Waals surface area contributed by atoms with E-state index in [1.165, 1.54) is 50.2 Å². The van der Waals surface area contributed by atoms with E-state index in [0.717, 1.165) is 13.0 Å². The van der Waals surface area contributed by atoms with E-state index in [1.807, 2.05) is 0 Å². The van der Waals surface area contributed by atoms with Crippen molar-refractivity contribution in [2.75, 3.05) is 6.54 Å². The summed E-state index contributed by atoms with van der Waals surface area (Å²) in [6.45, 7) is 7.64. The molecule has 0 saturated heterocycles. The van der Waals surface area contributed by atoms with Gasteiger partial charge in [0.05, 0.1) is 11.6 Å². The Hall–Kier alpha value is -3.78. The maximum atomic E-state index is 3.64. The first kappa shape index (κ1) is 21.7. The van der Waals surface area contributed by atoms with Crippen LogP contribution in [0.4, 0.5) is 0 Å². The molecular weight excluding hydrogens is 424 g/mol. The first-order valence-electron chi connectivity index (χ1n) is 12.7. The Balaban J connectivity index is 1.56. The van der Waals surface area contributed by atoms with Crippen molar-refractivity contribution < 1.29 is 0 Å². The zero-order valence-electron chi connectivity index (χ0n) is 20.8. The maximum Gasteiger partial charge on any atom is 0.0917 e. The van der Waals surface area contributed by atoms with Crippen molar-refractivity contribution >= 4 is 11.3 Å². The van der Waals surface area contributed by atoms with Crippen molar-refractivity contribution in [2.24, 2.45) is 0 Å². The van der Waals surface area contributed by atoms with Crippen LogP contribution < -0.4 is 5.32 Å². The third kappa shape index (κ3) is 3.31. The van der Waals surface area contributed by atoms with E-state index in [4.69, 9.17) is 0 Å². The highest BCUT2D eigenvalue weighted by Crippen LogP contribution is 2.55. The zero-order chi connectivity index (χ0) is 24.0. The number of fused-ring (bicyclic) bond motifs is 3. The van der Waals surface area contributed by atoms with Crippen LogP contribution in [0, 0.1) is 0 Å². The van der Waals surface area contributed by atoms with Crippen LogP contribution in [0.1, 0.15) is 61.1 Å². The molecule has 1 N–H and O–H groups in total. The van der Waals surface area contributed by atoms with E-state index in [0.29, 0.717) is 0 Å². The van der Waals surface area contributed by atoms with E-state index in [-0.39, 0.29) is 11.6 Å². The van der Waals surface area contributed by atoms with E-state index >= 15 is 0 Å². The van der Waals surface area contributed by atoms with Crippen molar-refractivity contribution in [1.29, 1.82) is 0 Å². The van der Waals surface area contributed by atoms with Gasteiger partial charge in [-0.2, -0.15) is 0 Å². The Morgan fingerprint density at radius 1 is 0.886 bits per heavy atom. The van der Waals surface area contributed by atoms with Gasteiger partial charge in [0.2, 0.25) is 0 Å². The molecule has 1 unspecified atom stereocenters. The van der Waals surface area contributed by atoms with Gasteiger partial charge in [0.25, 0.3) is 0 Å². The number of hydrogen-bond donors (Lipinski definition) is 1.